The topological polar surface area (TPSA) is 50.8 Å². The number of methoxy groups -OCH3 is 1. The molecule has 0 fully saturated rings. The van der Waals surface area contributed by atoms with Gasteiger partial charge in [0.05, 0.1) is 13.7 Å². The van der Waals surface area contributed by atoms with Gasteiger partial charge in [-0.05, 0) is 49.5 Å². The highest BCUT2D eigenvalue weighted by atomic mass is 79.9. The van der Waals surface area contributed by atoms with Crippen LogP contribution in [-0.4, -0.2) is 44.7 Å². The van der Waals surface area contributed by atoms with Crippen molar-refractivity contribution in [2.24, 2.45) is 0 Å². The zero-order valence-corrected chi connectivity index (χ0v) is 15.4. The van der Waals surface area contributed by atoms with E-state index in [9.17, 15) is 4.79 Å². The number of likely N-dealkylation sites (N-methyl/N-ethyl adjacent to an activating group) is 1. The maximum atomic E-state index is 12.0. The number of benzene rings is 2. The fraction of sp³-hybridized carbons (Fsp3) is 0.278. The van der Waals surface area contributed by atoms with Crippen molar-refractivity contribution in [1.82, 2.24) is 4.90 Å². The van der Waals surface area contributed by atoms with Crippen LogP contribution in [0.5, 0.6) is 11.5 Å². The van der Waals surface area contributed by atoms with E-state index in [-0.39, 0.29) is 5.91 Å². The summed E-state index contributed by atoms with van der Waals surface area (Å²) in [6.45, 7) is 1.47. The molecule has 1 amide bonds. The fourth-order valence-electron chi connectivity index (χ4n) is 2.08. The smallest absolute Gasteiger partial charge is 0.238 e. The number of nitrogens with one attached hydrogen (secondary N) is 1. The van der Waals surface area contributed by atoms with Crippen molar-refractivity contribution in [3.63, 3.8) is 0 Å². The summed E-state index contributed by atoms with van der Waals surface area (Å²) in [5, 5.41) is 2.86. The Bertz CT molecular complexity index is 662. The highest BCUT2D eigenvalue weighted by Gasteiger charge is 2.07. The summed E-state index contributed by atoms with van der Waals surface area (Å²) in [5.74, 6) is 1.50. The zero-order chi connectivity index (χ0) is 17.4. The predicted octanol–water partition coefficient (Wildman–Crippen LogP) is 3.41. The number of anilines is 1. The third-order valence-electron chi connectivity index (χ3n) is 3.33. The van der Waals surface area contributed by atoms with E-state index in [0.29, 0.717) is 19.7 Å². The standard InChI is InChI=1S/C18H21BrN2O3/c1-21(10-11-24-17-5-3-4-14(19)12-17)13-18(22)20-15-6-8-16(23-2)9-7-15/h3-9,12H,10-11,13H2,1-2H3,(H,20,22). The van der Waals surface area contributed by atoms with Gasteiger partial charge in [0, 0.05) is 16.7 Å². The molecule has 0 spiro atoms. The molecule has 6 heteroatoms. The molecule has 0 unspecified atom stereocenters. The lowest BCUT2D eigenvalue weighted by Crippen LogP contribution is -2.33. The SMILES string of the molecule is COc1ccc(NC(=O)CN(C)CCOc2cccc(Br)c2)cc1. The number of hydrogen-bond acceptors (Lipinski definition) is 4. The molecule has 24 heavy (non-hydrogen) atoms. The van der Waals surface area contributed by atoms with E-state index in [1.165, 1.54) is 0 Å². The fourth-order valence-corrected chi connectivity index (χ4v) is 2.45. The Morgan fingerprint density at radius 1 is 1.17 bits per heavy atom. The highest BCUT2D eigenvalue weighted by Crippen LogP contribution is 2.17. The van der Waals surface area contributed by atoms with Crippen molar-refractivity contribution >= 4 is 27.5 Å². The molecule has 0 atom stereocenters. The van der Waals surface area contributed by atoms with Crippen LogP contribution in [0.3, 0.4) is 0 Å². The average molecular weight is 393 g/mol. The van der Waals surface area contributed by atoms with Crippen molar-refractivity contribution in [3.8, 4) is 11.5 Å². The molecule has 0 aromatic heterocycles. The summed E-state index contributed by atoms with van der Waals surface area (Å²) in [4.78, 5) is 13.9. The number of hydrogen-bond donors (Lipinski definition) is 1. The summed E-state index contributed by atoms with van der Waals surface area (Å²) >= 11 is 3.41. The molecule has 1 N–H and O–H groups in total. The molecule has 0 aliphatic rings. The van der Waals surface area contributed by atoms with Gasteiger partial charge in [-0.2, -0.15) is 0 Å². The van der Waals surface area contributed by atoms with Gasteiger partial charge < -0.3 is 14.8 Å². The van der Waals surface area contributed by atoms with Gasteiger partial charge in [0.1, 0.15) is 18.1 Å². The normalized spacial score (nSPS) is 10.5. The molecule has 0 aliphatic heterocycles. The lowest BCUT2D eigenvalue weighted by Gasteiger charge is -2.16. The van der Waals surface area contributed by atoms with Gasteiger partial charge in [-0.15, -0.1) is 0 Å². The molecule has 0 bridgehead atoms. The van der Waals surface area contributed by atoms with Crippen LogP contribution in [0.1, 0.15) is 0 Å². The summed E-state index contributed by atoms with van der Waals surface area (Å²) in [6.07, 6.45) is 0. The van der Waals surface area contributed by atoms with Crippen LogP contribution in [-0.2, 0) is 4.79 Å². The van der Waals surface area contributed by atoms with Crippen LogP contribution in [0.2, 0.25) is 0 Å². The molecule has 5 nitrogen and oxygen atoms in total. The van der Waals surface area contributed by atoms with Crippen LogP contribution < -0.4 is 14.8 Å². The Labute approximate surface area is 150 Å². The number of carbonyl (C=O) groups is 1. The minimum Gasteiger partial charge on any atom is -0.497 e. The van der Waals surface area contributed by atoms with E-state index in [1.807, 2.05) is 60.5 Å². The van der Waals surface area contributed by atoms with E-state index < -0.39 is 0 Å². The third-order valence-corrected chi connectivity index (χ3v) is 3.82. The van der Waals surface area contributed by atoms with Crippen LogP contribution in [0.15, 0.2) is 53.0 Å². The van der Waals surface area contributed by atoms with Crippen molar-refractivity contribution in [3.05, 3.63) is 53.0 Å². The molecule has 2 aromatic carbocycles. The molecule has 0 heterocycles. The van der Waals surface area contributed by atoms with Gasteiger partial charge in [0.2, 0.25) is 5.91 Å². The van der Waals surface area contributed by atoms with Crippen LogP contribution in [0, 0.1) is 0 Å². The van der Waals surface area contributed by atoms with Gasteiger partial charge in [-0.25, -0.2) is 0 Å². The molecule has 128 valence electrons. The van der Waals surface area contributed by atoms with E-state index in [2.05, 4.69) is 21.2 Å². The van der Waals surface area contributed by atoms with Crippen molar-refractivity contribution in [2.75, 3.05) is 39.2 Å². The number of halogens is 1. The molecule has 2 rings (SSSR count). The van der Waals surface area contributed by atoms with Gasteiger partial charge in [-0.3, -0.25) is 9.69 Å². The van der Waals surface area contributed by atoms with Crippen molar-refractivity contribution in [1.29, 1.82) is 0 Å². The first-order chi connectivity index (χ1) is 11.6. The molecular formula is C18H21BrN2O3. The highest BCUT2D eigenvalue weighted by molar-refractivity contribution is 9.10. The summed E-state index contributed by atoms with van der Waals surface area (Å²) < 4.78 is 11.7. The minimum atomic E-state index is -0.0647. The van der Waals surface area contributed by atoms with Crippen molar-refractivity contribution < 1.29 is 14.3 Å². The molecular weight excluding hydrogens is 372 g/mol. The van der Waals surface area contributed by atoms with Gasteiger partial charge in [0.25, 0.3) is 0 Å². The number of nitrogens with zero attached hydrogens (tertiary/aromatic N) is 1. The second kappa shape index (κ2) is 9.30. The zero-order valence-electron chi connectivity index (χ0n) is 13.8. The molecule has 2 aromatic rings. The maximum absolute atomic E-state index is 12.0. The lowest BCUT2D eigenvalue weighted by molar-refractivity contribution is -0.117. The van der Waals surface area contributed by atoms with E-state index in [1.54, 1.807) is 7.11 Å². The Morgan fingerprint density at radius 2 is 1.92 bits per heavy atom. The number of ether oxygens (including phenoxy) is 2. The number of carbonyl (C=O) groups excluding carboxylic acids is 1. The predicted molar refractivity (Wildman–Crippen MR) is 98.8 cm³/mol. The molecule has 0 saturated carbocycles. The quantitative estimate of drug-likeness (QED) is 0.747. The lowest BCUT2D eigenvalue weighted by atomic mass is 10.3. The van der Waals surface area contributed by atoms with Gasteiger partial charge >= 0.3 is 0 Å². The second-order valence-corrected chi connectivity index (χ2v) is 6.24. The van der Waals surface area contributed by atoms with Gasteiger partial charge in [-0.1, -0.05) is 22.0 Å². The van der Waals surface area contributed by atoms with E-state index in [4.69, 9.17) is 9.47 Å². The van der Waals surface area contributed by atoms with Crippen LogP contribution in [0.25, 0.3) is 0 Å². The Hall–Kier alpha value is -2.05. The Kier molecular flexibility index (Phi) is 7.08. The first-order valence-electron chi connectivity index (χ1n) is 7.57. The van der Waals surface area contributed by atoms with E-state index >= 15 is 0 Å². The molecule has 0 aliphatic carbocycles. The largest absolute Gasteiger partial charge is 0.497 e. The summed E-state index contributed by atoms with van der Waals surface area (Å²) in [5.41, 5.74) is 0.750. The van der Waals surface area contributed by atoms with Crippen LogP contribution >= 0.6 is 15.9 Å². The summed E-state index contributed by atoms with van der Waals surface area (Å²) in [7, 11) is 3.50. The van der Waals surface area contributed by atoms with Crippen LogP contribution in [0.4, 0.5) is 5.69 Å². The third kappa shape index (κ3) is 6.22. The Morgan fingerprint density at radius 3 is 2.58 bits per heavy atom. The second-order valence-electron chi connectivity index (χ2n) is 5.32. The molecule has 0 radical (unpaired) electrons. The number of amides is 1. The number of rotatable bonds is 8. The first kappa shape index (κ1) is 18.3. The molecule has 0 saturated heterocycles. The summed E-state index contributed by atoms with van der Waals surface area (Å²) in [6, 6.07) is 14.9. The minimum absolute atomic E-state index is 0.0647. The van der Waals surface area contributed by atoms with Gasteiger partial charge in [0.15, 0.2) is 0 Å². The first-order valence-corrected chi connectivity index (χ1v) is 8.37. The van der Waals surface area contributed by atoms with E-state index in [0.717, 1.165) is 21.7 Å². The monoisotopic (exact) mass is 392 g/mol. The Balaban J connectivity index is 1.70. The van der Waals surface area contributed by atoms with Crippen molar-refractivity contribution in [2.45, 2.75) is 0 Å². The average Bonchev–Trinajstić information content (AvgIpc) is 2.55. The maximum Gasteiger partial charge on any atom is 0.238 e.